The monoisotopic (exact) mass is 458 g/mol. The molecule has 1 amide bonds. The Morgan fingerprint density at radius 2 is 1.69 bits per heavy atom. The van der Waals surface area contributed by atoms with Crippen molar-refractivity contribution in [3.05, 3.63) is 59.2 Å². The Morgan fingerprint density at radius 3 is 2.28 bits per heavy atom. The zero-order chi connectivity index (χ0) is 23.5. The van der Waals surface area contributed by atoms with Crippen molar-refractivity contribution in [1.82, 2.24) is 4.31 Å². The number of amides is 1. The Labute approximate surface area is 189 Å². The molecule has 2 aromatic carbocycles. The van der Waals surface area contributed by atoms with Crippen molar-refractivity contribution in [3.63, 3.8) is 0 Å². The Kier molecular flexibility index (Phi) is 7.36. The standard InChI is InChI=1S/C24H30N2O5S/c1-16-11-13-26(14-12-16)32(29,30)21-8-6-20(7-9-21)24(28)31-19(4)23(27)25-22-10-5-17(2)15-18(22)3/h5-10,15-16,19H,11-14H2,1-4H3,(H,25,27). The van der Waals surface area contributed by atoms with E-state index in [4.69, 9.17) is 4.74 Å². The van der Waals surface area contributed by atoms with Crippen molar-refractivity contribution in [3.8, 4) is 0 Å². The van der Waals surface area contributed by atoms with Gasteiger partial charge in [0.05, 0.1) is 10.5 Å². The molecule has 0 saturated carbocycles. The van der Waals surface area contributed by atoms with Crippen molar-refractivity contribution in [2.45, 2.75) is 51.5 Å². The van der Waals surface area contributed by atoms with Gasteiger partial charge in [-0.1, -0.05) is 24.6 Å². The highest BCUT2D eigenvalue weighted by atomic mass is 32.2. The van der Waals surface area contributed by atoms with Crippen molar-refractivity contribution in [2.75, 3.05) is 18.4 Å². The van der Waals surface area contributed by atoms with Crippen LogP contribution in [-0.2, 0) is 19.6 Å². The number of carbonyl (C=O) groups excluding carboxylic acids is 2. The summed E-state index contributed by atoms with van der Waals surface area (Å²) in [7, 11) is -3.59. The summed E-state index contributed by atoms with van der Waals surface area (Å²) >= 11 is 0. The second-order valence-electron chi connectivity index (χ2n) is 8.47. The van der Waals surface area contributed by atoms with Crippen LogP contribution in [0.25, 0.3) is 0 Å². The Hall–Kier alpha value is -2.71. The molecule has 1 N–H and O–H groups in total. The van der Waals surface area contributed by atoms with Gasteiger partial charge < -0.3 is 10.1 Å². The van der Waals surface area contributed by atoms with Gasteiger partial charge in [-0.25, -0.2) is 13.2 Å². The minimum atomic E-state index is -3.59. The summed E-state index contributed by atoms with van der Waals surface area (Å²) in [6.45, 7) is 8.47. The normalized spacial score (nSPS) is 16.4. The average Bonchev–Trinajstić information content (AvgIpc) is 2.76. The van der Waals surface area contributed by atoms with E-state index in [1.807, 2.05) is 26.0 Å². The maximum Gasteiger partial charge on any atom is 0.338 e. The van der Waals surface area contributed by atoms with Gasteiger partial charge in [0, 0.05) is 18.8 Å². The number of piperidine rings is 1. The third kappa shape index (κ3) is 5.55. The van der Waals surface area contributed by atoms with Crippen LogP contribution >= 0.6 is 0 Å². The zero-order valence-corrected chi connectivity index (χ0v) is 19.7. The van der Waals surface area contributed by atoms with Crippen LogP contribution in [0.1, 0.15) is 48.2 Å². The van der Waals surface area contributed by atoms with Crippen LogP contribution < -0.4 is 5.32 Å². The first-order valence-corrected chi connectivity index (χ1v) is 12.2. The third-order valence-corrected chi connectivity index (χ3v) is 7.68. The Morgan fingerprint density at radius 1 is 1.06 bits per heavy atom. The molecule has 1 fully saturated rings. The fourth-order valence-electron chi connectivity index (χ4n) is 3.61. The number of benzene rings is 2. The molecule has 32 heavy (non-hydrogen) atoms. The van der Waals surface area contributed by atoms with Gasteiger partial charge in [0.1, 0.15) is 0 Å². The number of sulfonamides is 1. The lowest BCUT2D eigenvalue weighted by Gasteiger charge is -2.29. The molecule has 3 rings (SSSR count). The summed E-state index contributed by atoms with van der Waals surface area (Å²) in [5.41, 5.74) is 2.84. The minimum absolute atomic E-state index is 0.143. The van der Waals surface area contributed by atoms with Crippen LogP contribution in [0, 0.1) is 19.8 Å². The molecule has 1 aliphatic heterocycles. The van der Waals surface area contributed by atoms with Crippen LogP contribution in [0.4, 0.5) is 5.69 Å². The van der Waals surface area contributed by atoms with Crippen LogP contribution in [0.15, 0.2) is 47.4 Å². The maximum absolute atomic E-state index is 12.8. The van der Waals surface area contributed by atoms with Crippen LogP contribution in [-0.4, -0.2) is 43.8 Å². The summed E-state index contributed by atoms with van der Waals surface area (Å²) in [5.74, 6) is -0.611. The SMILES string of the molecule is Cc1ccc(NC(=O)C(C)OC(=O)c2ccc(S(=O)(=O)N3CCC(C)CC3)cc2)c(C)c1. The van der Waals surface area contributed by atoms with Gasteiger partial charge in [-0.15, -0.1) is 0 Å². The molecule has 8 heteroatoms. The number of nitrogens with one attached hydrogen (secondary N) is 1. The highest BCUT2D eigenvalue weighted by molar-refractivity contribution is 7.89. The summed E-state index contributed by atoms with van der Waals surface area (Å²) in [6.07, 6.45) is 0.666. The molecule has 2 aromatic rings. The zero-order valence-electron chi connectivity index (χ0n) is 18.9. The molecule has 0 aromatic heterocycles. The van der Waals surface area contributed by atoms with Gasteiger partial charge in [0.2, 0.25) is 10.0 Å². The smallest absolute Gasteiger partial charge is 0.338 e. The van der Waals surface area contributed by atoms with E-state index in [0.717, 1.165) is 24.0 Å². The molecule has 1 unspecified atom stereocenters. The quantitative estimate of drug-likeness (QED) is 0.663. The molecule has 172 valence electrons. The average molecular weight is 459 g/mol. The largest absolute Gasteiger partial charge is 0.449 e. The van der Waals surface area contributed by atoms with E-state index in [0.29, 0.717) is 24.7 Å². The summed E-state index contributed by atoms with van der Waals surface area (Å²) < 4.78 is 32.4. The lowest BCUT2D eigenvalue weighted by atomic mass is 10.0. The van der Waals surface area contributed by atoms with Gasteiger partial charge in [-0.3, -0.25) is 4.79 Å². The van der Waals surface area contributed by atoms with Crippen LogP contribution in [0.2, 0.25) is 0 Å². The number of carbonyl (C=O) groups is 2. The van der Waals surface area contributed by atoms with Gasteiger partial charge in [-0.05, 0) is 75.4 Å². The molecule has 0 radical (unpaired) electrons. The number of rotatable bonds is 6. The maximum atomic E-state index is 12.8. The van der Waals surface area contributed by atoms with Crippen LogP contribution in [0.3, 0.4) is 0 Å². The van der Waals surface area contributed by atoms with E-state index in [1.165, 1.54) is 35.5 Å². The third-order valence-electron chi connectivity index (χ3n) is 5.76. The van der Waals surface area contributed by atoms with Crippen molar-refractivity contribution < 1.29 is 22.7 Å². The molecule has 0 aliphatic carbocycles. The molecule has 0 bridgehead atoms. The fraction of sp³-hybridized carbons (Fsp3) is 0.417. The molecular weight excluding hydrogens is 428 g/mol. The van der Waals surface area contributed by atoms with E-state index in [9.17, 15) is 18.0 Å². The topological polar surface area (TPSA) is 92.8 Å². The summed E-state index contributed by atoms with van der Waals surface area (Å²) in [4.78, 5) is 25.0. The number of esters is 1. The minimum Gasteiger partial charge on any atom is -0.449 e. The first-order valence-electron chi connectivity index (χ1n) is 10.8. The first kappa shape index (κ1) is 23.9. The summed E-state index contributed by atoms with van der Waals surface area (Å²) in [6, 6.07) is 11.3. The van der Waals surface area contributed by atoms with E-state index >= 15 is 0 Å². The highest BCUT2D eigenvalue weighted by Crippen LogP contribution is 2.24. The first-order chi connectivity index (χ1) is 15.1. The molecular formula is C24H30N2O5S. The molecule has 1 atom stereocenters. The van der Waals surface area contributed by atoms with Gasteiger partial charge in [0.15, 0.2) is 6.10 Å². The fourth-order valence-corrected chi connectivity index (χ4v) is 5.08. The Bertz CT molecular complexity index is 1090. The number of anilines is 1. The number of aryl methyl sites for hydroxylation is 2. The summed E-state index contributed by atoms with van der Waals surface area (Å²) in [5, 5.41) is 2.76. The number of hydrogen-bond donors (Lipinski definition) is 1. The molecule has 1 heterocycles. The van der Waals surface area contributed by atoms with Crippen LogP contribution in [0.5, 0.6) is 0 Å². The lowest BCUT2D eigenvalue weighted by Crippen LogP contribution is -2.37. The van der Waals surface area contributed by atoms with Gasteiger partial charge in [0.25, 0.3) is 5.91 Å². The van der Waals surface area contributed by atoms with Gasteiger partial charge in [-0.2, -0.15) is 4.31 Å². The van der Waals surface area contributed by atoms with Gasteiger partial charge >= 0.3 is 5.97 Å². The van der Waals surface area contributed by atoms with E-state index in [1.54, 1.807) is 6.07 Å². The van der Waals surface area contributed by atoms with Crippen molar-refractivity contribution in [1.29, 1.82) is 0 Å². The second-order valence-corrected chi connectivity index (χ2v) is 10.4. The van der Waals surface area contributed by atoms with E-state index < -0.39 is 28.0 Å². The highest BCUT2D eigenvalue weighted by Gasteiger charge is 2.28. The van der Waals surface area contributed by atoms with Crippen molar-refractivity contribution >= 4 is 27.6 Å². The second kappa shape index (κ2) is 9.83. The number of hydrogen-bond acceptors (Lipinski definition) is 5. The molecule has 7 nitrogen and oxygen atoms in total. The number of ether oxygens (including phenoxy) is 1. The Balaban J connectivity index is 1.62. The lowest BCUT2D eigenvalue weighted by molar-refractivity contribution is -0.123. The van der Waals surface area contributed by atoms with E-state index in [2.05, 4.69) is 12.2 Å². The van der Waals surface area contributed by atoms with Crippen molar-refractivity contribution in [2.24, 2.45) is 5.92 Å². The predicted molar refractivity (Wildman–Crippen MR) is 123 cm³/mol. The predicted octanol–water partition coefficient (Wildman–Crippen LogP) is 3.91. The molecule has 0 spiro atoms. The van der Waals surface area contributed by atoms with E-state index in [-0.39, 0.29) is 10.5 Å². The molecule has 1 aliphatic rings. The number of nitrogens with zero attached hydrogens (tertiary/aromatic N) is 1. The molecule has 1 saturated heterocycles.